The molecule has 0 radical (unpaired) electrons. The lowest BCUT2D eigenvalue weighted by atomic mass is 9.89. The Kier molecular flexibility index (Phi) is 4.10. The molecule has 1 aliphatic rings. The van der Waals surface area contributed by atoms with Gasteiger partial charge in [0.25, 0.3) is 0 Å². The van der Waals surface area contributed by atoms with Crippen LogP contribution in [0.2, 0.25) is 0 Å². The second-order valence-corrected chi connectivity index (χ2v) is 3.62. The van der Waals surface area contributed by atoms with Crippen molar-refractivity contribution in [2.24, 2.45) is 0 Å². The van der Waals surface area contributed by atoms with Gasteiger partial charge in [0.05, 0.1) is 6.10 Å². The summed E-state index contributed by atoms with van der Waals surface area (Å²) >= 11 is 0. The van der Waals surface area contributed by atoms with Crippen LogP contribution in [0.1, 0.15) is 26.2 Å². The van der Waals surface area contributed by atoms with Gasteiger partial charge in [-0.25, -0.2) is 4.79 Å². The van der Waals surface area contributed by atoms with Gasteiger partial charge in [-0.3, -0.25) is 0 Å². The molecule has 0 unspecified atom stereocenters. The maximum atomic E-state index is 10.6. The Hall–Kier alpha value is -0.870. The third-order valence-electron chi connectivity index (χ3n) is 2.52. The van der Waals surface area contributed by atoms with Crippen molar-refractivity contribution in [3.05, 3.63) is 11.6 Å². The number of carboxylic acid groups (broad SMARTS) is 1. The van der Waals surface area contributed by atoms with Crippen molar-refractivity contribution in [1.82, 2.24) is 5.32 Å². The van der Waals surface area contributed by atoms with Crippen molar-refractivity contribution in [3.8, 4) is 0 Å². The number of hydrogen-bond donors (Lipinski definition) is 3. The quantitative estimate of drug-likeness (QED) is 0.565. The molecule has 0 aromatic rings. The predicted molar refractivity (Wildman–Crippen MR) is 53.0 cm³/mol. The Morgan fingerprint density at radius 3 is 2.64 bits per heavy atom. The molecule has 0 spiro atoms. The third-order valence-corrected chi connectivity index (χ3v) is 2.52. The molecule has 0 atom stereocenters. The first-order valence-electron chi connectivity index (χ1n) is 4.97. The lowest BCUT2D eigenvalue weighted by molar-refractivity contribution is -0.132. The second kappa shape index (κ2) is 5.12. The van der Waals surface area contributed by atoms with Gasteiger partial charge in [-0.2, -0.15) is 0 Å². The molecule has 80 valence electrons. The number of aliphatic hydroxyl groups is 1. The Bertz CT molecular complexity index is 232. The summed E-state index contributed by atoms with van der Waals surface area (Å²) in [7, 11) is 0. The van der Waals surface area contributed by atoms with E-state index in [1.165, 1.54) is 0 Å². The molecule has 3 N–H and O–H groups in total. The molecule has 0 aromatic heterocycles. The van der Waals surface area contributed by atoms with Crippen LogP contribution in [0.25, 0.3) is 0 Å². The fourth-order valence-electron chi connectivity index (χ4n) is 1.49. The minimum absolute atomic E-state index is 0.165. The molecule has 1 saturated carbocycles. The van der Waals surface area contributed by atoms with E-state index in [9.17, 15) is 4.79 Å². The number of hydrogen-bond acceptors (Lipinski definition) is 3. The van der Waals surface area contributed by atoms with Gasteiger partial charge in [-0.15, -0.1) is 0 Å². The largest absolute Gasteiger partial charge is 0.478 e. The summed E-state index contributed by atoms with van der Waals surface area (Å²) in [6.45, 7) is 2.40. The van der Waals surface area contributed by atoms with Crippen LogP contribution >= 0.6 is 0 Å². The maximum absolute atomic E-state index is 10.6. The second-order valence-electron chi connectivity index (χ2n) is 3.62. The van der Waals surface area contributed by atoms with Gasteiger partial charge in [0, 0.05) is 18.2 Å². The number of aliphatic hydroxyl groups excluding tert-OH is 1. The Morgan fingerprint density at radius 1 is 1.57 bits per heavy atom. The molecular weight excluding hydrogens is 182 g/mol. The van der Waals surface area contributed by atoms with Crippen LogP contribution in [0.15, 0.2) is 11.6 Å². The molecular formula is C10H17NO3. The van der Waals surface area contributed by atoms with Gasteiger partial charge >= 0.3 is 5.97 Å². The van der Waals surface area contributed by atoms with Crippen LogP contribution in [0.3, 0.4) is 0 Å². The van der Waals surface area contributed by atoms with Crippen molar-refractivity contribution in [2.75, 3.05) is 6.54 Å². The van der Waals surface area contributed by atoms with E-state index in [2.05, 4.69) is 5.32 Å². The van der Waals surface area contributed by atoms with Crippen LogP contribution in [0.5, 0.6) is 0 Å². The molecule has 4 nitrogen and oxygen atoms in total. The van der Waals surface area contributed by atoms with Crippen LogP contribution < -0.4 is 5.32 Å². The highest BCUT2D eigenvalue weighted by atomic mass is 16.4. The van der Waals surface area contributed by atoms with E-state index in [1.54, 1.807) is 6.08 Å². The molecule has 4 heteroatoms. The molecule has 0 saturated heterocycles. The zero-order valence-corrected chi connectivity index (χ0v) is 8.36. The minimum Gasteiger partial charge on any atom is -0.478 e. The Labute approximate surface area is 83.6 Å². The first-order chi connectivity index (χ1) is 6.63. The highest BCUT2D eigenvalue weighted by Crippen LogP contribution is 2.18. The molecule has 0 heterocycles. The van der Waals surface area contributed by atoms with Gasteiger partial charge in [0.15, 0.2) is 0 Å². The van der Waals surface area contributed by atoms with Gasteiger partial charge in [-0.05, 0) is 19.3 Å². The monoisotopic (exact) mass is 199 g/mol. The Balaban J connectivity index is 2.21. The molecule has 0 amide bonds. The zero-order valence-electron chi connectivity index (χ0n) is 8.36. The van der Waals surface area contributed by atoms with E-state index >= 15 is 0 Å². The fourth-order valence-corrected chi connectivity index (χ4v) is 1.49. The lowest BCUT2D eigenvalue weighted by Crippen LogP contribution is -2.44. The number of carboxylic acids is 1. The summed E-state index contributed by atoms with van der Waals surface area (Å²) in [4.78, 5) is 10.6. The van der Waals surface area contributed by atoms with Gasteiger partial charge in [0.2, 0.25) is 0 Å². The first kappa shape index (κ1) is 11.2. The van der Waals surface area contributed by atoms with Crippen molar-refractivity contribution < 1.29 is 15.0 Å². The standard InChI is InChI=1S/C10H17NO3/c1-2-7(10(13)14)3-4-11-8-5-9(12)6-8/h3,8-9,11-12H,2,4-6H2,1H3,(H,13,14). The zero-order chi connectivity index (χ0) is 10.6. The molecule has 0 aromatic carbocycles. The molecule has 1 aliphatic carbocycles. The topological polar surface area (TPSA) is 69.6 Å². The average molecular weight is 199 g/mol. The molecule has 0 bridgehead atoms. The van der Waals surface area contributed by atoms with Gasteiger partial charge < -0.3 is 15.5 Å². The predicted octanol–water partition coefficient (Wildman–Crippen LogP) is 0.520. The normalized spacial score (nSPS) is 27.1. The van der Waals surface area contributed by atoms with Gasteiger partial charge in [-0.1, -0.05) is 13.0 Å². The Morgan fingerprint density at radius 2 is 2.21 bits per heavy atom. The summed E-state index contributed by atoms with van der Waals surface area (Å²) in [5, 5.41) is 20.9. The van der Waals surface area contributed by atoms with Gasteiger partial charge in [0.1, 0.15) is 0 Å². The summed E-state index contributed by atoms with van der Waals surface area (Å²) in [5.74, 6) is -0.844. The van der Waals surface area contributed by atoms with Crippen molar-refractivity contribution in [3.63, 3.8) is 0 Å². The van der Waals surface area contributed by atoms with Crippen LogP contribution in [0.4, 0.5) is 0 Å². The number of aliphatic carboxylic acids is 1. The maximum Gasteiger partial charge on any atom is 0.331 e. The van der Waals surface area contributed by atoms with Crippen LogP contribution in [-0.4, -0.2) is 34.9 Å². The third kappa shape index (κ3) is 3.12. The van der Waals surface area contributed by atoms with E-state index < -0.39 is 5.97 Å². The van der Waals surface area contributed by atoms with E-state index in [1.807, 2.05) is 6.92 Å². The van der Waals surface area contributed by atoms with Crippen LogP contribution in [0, 0.1) is 0 Å². The summed E-state index contributed by atoms with van der Waals surface area (Å²) in [6, 6.07) is 0.355. The van der Waals surface area contributed by atoms with Crippen molar-refractivity contribution in [1.29, 1.82) is 0 Å². The number of nitrogens with one attached hydrogen (secondary N) is 1. The molecule has 14 heavy (non-hydrogen) atoms. The lowest BCUT2D eigenvalue weighted by Gasteiger charge is -2.31. The van der Waals surface area contributed by atoms with E-state index in [0.29, 0.717) is 24.6 Å². The van der Waals surface area contributed by atoms with Crippen molar-refractivity contribution in [2.45, 2.75) is 38.3 Å². The van der Waals surface area contributed by atoms with Crippen LogP contribution in [-0.2, 0) is 4.79 Å². The van der Waals surface area contributed by atoms with E-state index in [0.717, 1.165) is 12.8 Å². The summed E-state index contributed by atoms with van der Waals surface area (Å²) in [5.41, 5.74) is 0.442. The fraction of sp³-hybridized carbons (Fsp3) is 0.700. The molecule has 1 fully saturated rings. The van der Waals surface area contributed by atoms with Crippen molar-refractivity contribution >= 4 is 5.97 Å². The van der Waals surface area contributed by atoms with E-state index in [-0.39, 0.29) is 6.10 Å². The first-order valence-corrected chi connectivity index (χ1v) is 4.97. The molecule has 1 rings (SSSR count). The summed E-state index contributed by atoms with van der Waals surface area (Å²) in [6.07, 6.45) is 3.64. The molecule has 0 aliphatic heterocycles. The highest BCUT2D eigenvalue weighted by Gasteiger charge is 2.25. The SMILES string of the molecule is CCC(=CCNC1CC(O)C1)C(=O)O. The number of carbonyl (C=O) groups is 1. The summed E-state index contributed by atoms with van der Waals surface area (Å²) < 4.78 is 0. The smallest absolute Gasteiger partial charge is 0.331 e. The number of rotatable bonds is 5. The van der Waals surface area contributed by atoms with E-state index in [4.69, 9.17) is 10.2 Å². The highest BCUT2D eigenvalue weighted by molar-refractivity contribution is 5.86. The average Bonchev–Trinajstić information content (AvgIpc) is 2.08. The minimum atomic E-state index is -0.844.